The molecule has 88 valence electrons. The van der Waals surface area contributed by atoms with E-state index in [-0.39, 0.29) is 12.4 Å². The normalized spacial score (nSPS) is 11.3. The molecule has 0 fully saturated rings. The zero-order chi connectivity index (χ0) is 12.3. The Hall–Kier alpha value is -0.900. The minimum atomic E-state index is -0.438. The Bertz CT molecular complexity index is 396. The van der Waals surface area contributed by atoms with Crippen molar-refractivity contribution < 1.29 is 9.53 Å². The van der Waals surface area contributed by atoms with E-state index in [2.05, 4.69) is 20.9 Å². The number of nitrogens with zero attached hydrogens (tertiary/aromatic N) is 1. The van der Waals surface area contributed by atoms with E-state index in [9.17, 15) is 4.79 Å². The van der Waals surface area contributed by atoms with Crippen LogP contribution in [0.1, 0.15) is 32.0 Å². The molecule has 0 amide bonds. The lowest BCUT2D eigenvalue weighted by Gasteiger charge is -2.19. The summed E-state index contributed by atoms with van der Waals surface area (Å²) in [6.07, 6.45) is 1.95. The van der Waals surface area contributed by atoms with Crippen LogP contribution in [0.4, 0.5) is 0 Å². The fourth-order valence-corrected chi connectivity index (χ4v) is 1.58. The van der Waals surface area contributed by atoms with E-state index in [1.807, 2.05) is 33.8 Å². The lowest BCUT2D eigenvalue weighted by molar-refractivity contribution is -0.153. The summed E-state index contributed by atoms with van der Waals surface area (Å²) in [7, 11) is 0. The van der Waals surface area contributed by atoms with Crippen molar-refractivity contribution in [1.29, 1.82) is 0 Å². The summed E-state index contributed by atoms with van der Waals surface area (Å²) in [5, 5.41) is 0. The fourth-order valence-electron chi connectivity index (χ4n) is 1.19. The summed E-state index contributed by atoms with van der Waals surface area (Å²) >= 11 is 3.38. The third kappa shape index (κ3) is 4.31. The van der Waals surface area contributed by atoms with Gasteiger partial charge in [-0.2, -0.15) is 0 Å². The van der Waals surface area contributed by atoms with Crippen molar-refractivity contribution in [1.82, 2.24) is 4.98 Å². The number of esters is 1. The van der Waals surface area contributed by atoms with Gasteiger partial charge in [-0.1, -0.05) is 0 Å². The molecule has 1 aromatic rings. The van der Waals surface area contributed by atoms with Crippen LogP contribution in [0.15, 0.2) is 16.7 Å². The van der Waals surface area contributed by atoms with Gasteiger partial charge in [-0.3, -0.25) is 9.78 Å². The number of hydrogen-bond donors (Lipinski definition) is 0. The number of carbonyl (C=O) groups excluding carboxylic acids is 1. The molecular weight excluding hydrogens is 270 g/mol. The molecule has 1 rings (SSSR count). The third-order valence-corrected chi connectivity index (χ3v) is 2.65. The van der Waals surface area contributed by atoms with Crippen molar-refractivity contribution >= 4 is 21.9 Å². The number of hydrogen-bond acceptors (Lipinski definition) is 3. The molecule has 0 aliphatic rings. The molecule has 0 bridgehead atoms. The van der Waals surface area contributed by atoms with E-state index < -0.39 is 5.60 Å². The Kier molecular flexibility index (Phi) is 4.08. The van der Waals surface area contributed by atoms with Crippen LogP contribution in [-0.2, 0) is 16.0 Å². The first-order valence-corrected chi connectivity index (χ1v) is 5.90. The Morgan fingerprint density at radius 2 is 2.12 bits per heavy atom. The molecule has 0 N–H and O–H groups in total. The van der Waals surface area contributed by atoms with E-state index in [0.29, 0.717) is 0 Å². The molecule has 0 saturated heterocycles. The third-order valence-electron chi connectivity index (χ3n) is 1.85. The number of aryl methyl sites for hydroxylation is 1. The van der Waals surface area contributed by atoms with Gasteiger partial charge in [-0.15, -0.1) is 0 Å². The van der Waals surface area contributed by atoms with Crippen LogP contribution in [0, 0.1) is 6.92 Å². The van der Waals surface area contributed by atoms with Gasteiger partial charge in [0.1, 0.15) is 5.60 Å². The number of ether oxygens (including phenoxy) is 1. The number of rotatable bonds is 2. The van der Waals surface area contributed by atoms with Crippen molar-refractivity contribution in [2.75, 3.05) is 0 Å². The fraction of sp³-hybridized carbons (Fsp3) is 0.500. The van der Waals surface area contributed by atoms with E-state index >= 15 is 0 Å². The molecule has 3 nitrogen and oxygen atoms in total. The first kappa shape index (κ1) is 13.2. The molecule has 1 heterocycles. The van der Waals surface area contributed by atoms with Crippen LogP contribution >= 0.6 is 15.9 Å². The molecule has 1 aromatic heterocycles. The van der Waals surface area contributed by atoms with Crippen LogP contribution < -0.4 is 0 Å². The summed E-state index contributed by atoms with van der Waals surface area (Å²) < 4.78 is 6.14. The van der Waals surface area contributed by atoms with E-state index in [1.165, 1.54) is 0 Å². The standard InChI is InChI=1S/C12H16BrNO2/c1-8-10(13)5-9(7-14-8)6-11(15)16-12(2,3)4/h5,7H,6H2,1-4H3. The maximum absolute atomic E-state index is 11.6. The summed E-state index contributed by atoms with van der Waals surface area (Å²) in [4.78, 5) is 15.7. The molecule has 0 saturated carbocycles. The molecule has 0 aliphatic carbocycles. The average molecular weight is 286 g/mol. The van der Waals surface area contributed by atoms with Gasteiger partial charge in [0.25, 0.3) is 0 Å². The highest BCUT2D eigenvalue weighted by molar-refractivity contribution is 9.10. The number of pyridine rings is 1. The second kappa shape index (κ2) is 4.95. The maximum Gasteiger partial charge on any atom is 0.310 e. The summed E-state index contributed by atoms with van der Waals surface area (Å²) in [5.74, 6) is -0.231. The first-order valence-electron chi connectivity index (χ1n) is 5.11. The minimum absolute atomic E-state index is 0.231. The van der Waals surface area contributed by atoms with Gasteiger partial charge >= 0.3 is 5.97 Å². The molecular formula is C12H16BrNO2. The molecule has 0 aromatic carbocycles. The zero-order valence-electron chi connectivity index (χ0n) is 10.0. The lowest BCUT2D eigenvalue weighted by Crippen LogP contribution is -2.24. The van der Waals surface area contributed by atoms with E-state index in [1.54, 1.807) is 6.20 Å². The predicted molar refractivity (Wildman–Crippen MR) is 66.2 cm³/mol. The molecule has 4 heteroatoms. The Morgan fingerprint density at radius 1 is 1.50 bits per heavy atom. The van der Waals surface area contributed by atoms with Crippen molar-refractivity contribution in [3.63, 3.8) is 0 Å². The van der Waals surface area contributed by atoms with Crippen LogP contribution in [-0.4, -0.2) is 16.6 Å². The Labute approximate surface area is 104 Å². The van der Waals surface area contributed by atoms with Gasteiger partial charge in [0, 0.05) is 10.7 Å². The van der Waals surface area contributed by atoms with Crippen LogP contribution in [0.25, 0.3) is 0 Å². The average Bonchev–Trinajstić information content (AvgIpc) is 2.08. The number of carbonyl (C=O) groups is 1. The molecule has 0 radical (unpaired) electrons. The maximum atomic E-state index is 11.6. The predicted octanol–water partition coefficient (Wildman–Crippen LogP) is 3.04. The molecule has 0 atom stereocenters. The van der Waals surface area contributed by atoms with E-state index in [4.69, 9.17) is 4.74 Å². The van der Waals surface area contributed by atoms with Gasteiger partial charge in [-0.05, 0) is 55.3 Å². The summed E-state index contributed by atoms with van der Waals surface area (Å²) in [6.45, 7) is 7.47. The van der Waals surface area contributed by atoms with Crippen LogP contribution in [0.3, 0.4) is 0 Å². The van der Waals surface area contributed by atoms with Crippen molar-refractivity contribution in [2.24, 2.45) is 0 Å². The topological polar surface area (TPSA) is 39.2 Å². The highest BCUT2D eigenvalue weighted by atomic mass is 79.9. The van der Waals surface area contributed by atoms with Gasteiger partial charge in [0.15, 0.2) is 0 Å². The molecule has 0 unspecified atom stereocenters. The van der Waals surface area contributed by atoms with Gasteiger partial charge < -0.3 is 4.74 Å². The summed E-state index contributed by atoms with van der Waals surface area (Å²) in [5.41, 5.74) is 1.33. The second-order valence-electron chi connectivity index (χ2n) is 4.67. The van der Waals surface area contributed by atoms with Crippen molar-refractivity contribution in [2.45, 2.75) is 39.7 Å². The smallest absolute Gasteiger partial charge is 0.310 e. The highest BCUT2D eigenvalue weighted by Gasteiger charge is 2.16. The number of halogens is 1. The van der Waals surface area contributed by atoms with Crippen LogP contribution in [0.5, 0.6) is 0 Å². The SMILES string of the molecule is Cc1ncc(CC(=O)OC(C)(C)C)cc1Br. The highest BCUT2D eigenvalue weighted by Crippen LogP contribution is 2.16. The monoisotopic (exact) mass is 285 g/mol. The van der Waals surface area contributed by atoms with Gasteiger partial charge in [-0.25, -0.2) is 0 Å². The van der Waals surface area contributed by atoms with Crippen LogP contribution in [0.2, 0.25) is 0 Å². The van der Waals surface area contributed by atoms with Crippen molar-refractivity contribution in [3.05, 3.63) is 28.0 Å². The summed E-state index contributed by atoms with van der Waals surface area (Å²) in [6, 6.07) is 1.90. The van der Waals surface area contributed by atoms with E-state index in [0.717, 1.165) is 15.7 Å². The van der Waals surface area contributed by atoms with Crippen molar-refractivity contribution in [3.8, 4) is 0 Å². The van der Waals surface area contributed by atoms with Gasteiger partial charge in [0.05, 0.1) is 12.1 Å². The second-order valence-corrected chi connectivity index (χ2v) is 5.53. The Balaban J connectivity index is 2.67. The van der Waals surface area contributed by atoms with Gasteiger partial charge in [0.2, 0.25) is 0 Å². The lowest BCUT2D eigenvalue weighted by atomic mass is 10.1. The quantitative estimate of drug-likeness (QED) is 0.784. The molecule has 16 heavy (non-hydrogen) atoms. The zero-order valence-corrected chi connectivity index (χ0v) is 11.6. The first-order chi connectivity index (χ1) is 7.28. The molecule has 0 spiro atoms. The molecule has 0 aliphatic heterocycles. The number of aromatic nitrogens is 1. The largest absolute Gasteiger partial charge is 0.460 e. The minimum Gasteiger partial charge on any atom is -0.460 e. The Morgan fingerprint density at radius 3 is 2.62 bits per heavy atom.